The summed E-state index contributed by atoms with van der Waals surface area (Å²) in [4.78, 5) is 29.1. The summed E-state index contributed by atoms with van der Waals surface area (Å²) in [5.41, 5.74) is 3.89. The van der Waals surface area contributed by atoms with E-state index in [-0.39, 0.29) is 0 Å². The number of aromatic nitrogens is 1. The Kier molecular flexibility index (Phi) is 7.48. The van der Waals surface area contributed by atoms with Gasteiger partial charge in [0.25, 0.3) is 0 Å². The SMILES string of the molecule is CCOC(=O)c1ccc(NC(=O)Nc2ccc3nc(-c4cccc(Cl)c4)cc(OCC)c3c2)cc1. The van der Waals surface area contributed by atoms with Crippen LogP contribution in [0.25, 0.3) is 22.2 Å². The summed E-state index contributed by atoms with van der Waals surface area (Å²) < 4.78 is 10.8. The minimum Gasteiger partial charge on any atom is -0.493 e. The van der Waals surface area contributed by atoms with Crippen LogP contribution in [0.15, 0.2) is 72.8 Å². The molecular weight excluding hydrogens is 466 g/mol. The Hall–Kier alpha value is -4.10. The Morgan fingerprint density at radius 3 is 2.34 bits per heavy atom. The molecule has 4 aromatic rings. The van der Waals surface area contributed by atoms with Crippen molar-refractivity contribution in [2.45, 2.75) is 13.8 Å². The summed E-state index contributed by atoms with van der Waals surface area (Å²) in [5.74, 6) is 0.253. The molecule has 0 aliphatic heterocycles. The zero-order chi connectivity index (χ0) is 24.8. The van der Waals surface area contributed by atoms with Gasteiger partial charge in [0, 0.05) is 33.4 Å². The van der Waals surface area contributed by atoms with Crippen LogP contribution in [0.2, 0.25) is 5.02 Å². The molecule has 0 unspecified atom stereocenters. The number of halogens is 1. The highest BCUT2D eigenvalue weighted by atomic mass is 35.5. The predicted molar refractivity (Wildman–Crippen MR) is 138 cm³/mol. The number of esters is 1. The van der Waals surface area contributed by atoms with Crippen LogP contribution in [-0.4, -0.2) is 30.2 Å². The van der Waals surface area contributed by atoms with E-state index in [1.165, 1.54) is 0 Å². The molecule has 0 aliphatic carbocycles. The number of fused-ring (bicyclic) bond motifs is 1. The average Bonchev–Trinajstić information content (AvgIpc) is 2.85. The van der Waals surface area contributed by atoms with E-state index in [1.54, 1.807) is 37.3 Å². The van der Waals surface area contributed by atoms with Gasteiger partial charge in [-0.1, -0.05) is 23.7 Å². The molecule has 3 aromatic carbocycles. The zero-order valence-corrected chi connectivity index (χ0v) is 20.1. The van der Waals surface area contributed by atoms with Gasteiger partial charge in [-0.3, -0.25) is 0 Å². The van der Waals surface area contributed by atoms with Crippen molar-refractivity contribution in [2.75, 3.05) is 23.8 Å². The molecular formula is C27H24ClN3O4. The average molecular weight is 490 g/mol. The van der Waals surface area contributed by atoms with Crippen LogP contribution in [0.1, 0.15) is 24.2 Å². The van der Waals surface area contributed by atoms with E-state index in [4.69, 9.17) is 26.1 Å². The first-order chi connectivity index (χ1) is 17.0. The van der Waals surface area contributed by atoms with Crippen molar-refractivity contribution >= 4 is 45.9 Å². The fraction of sp³-hybridized carbons (Fsp3) is 0.148. The Morgan fingerprint density at radius 2 is 1.63 bits per heavy atom. The number of rotatable bonds is 7. The first-order valence-electron chi connectivity index (χ1n) is 11.2. The fourth-order valence-corrected chi connectivity index (χ4v) is 3.73. The van der Waals surface area contributed by atoms with Crippen LogP contribution in [0.5, 0.6) is 5.75 Å². The highest BCUT2D eigenvalue weighted by molar-refractivity contribution is 6.30. The van der Waals surface area contributed by atoms with E-state index in [2.05, 4.69) is 10.6 Å². The van der Waals surface area contributed by atoms with E-state index in [9.17, 15) is 9.59 Å². The third-order valence-electron chi connectivity index (χ3n) is 5.10. The van der Waals surface area contributed by atoms with Crippen molar-refractivity contribution in [2.24, 2.45) is 0 Å². The molecule has 8 heteroatoms. The Labute approximate surface area is 208 Å². The summed E-state index contributed by atoms with van der Waals surface area (Å²) in [6.45, 7) is 4.44. The number of nitrogens with one attached hydrogen (secondary N) is 2. The number of pyridine rings is 1. The first kappa shape index (κ1) is 24.0. The number of carbonyl (C=O) groups is 2. The van der Waals surface area contributed by atoms with Crippen molar-refractivity contribution in [3.63, 3.8) is 0 Å². The molecule has 0 radical (unpaired) electrons. The fourth-order valence-electron chi connectivity index (χ4n) is 3.54. The minimum atomic E-state index is -0.422. The van der Waals surface area contributed by atoms with Gasteiger partial charge in [0.05, 0.1) is 30.0 Å². The van der Waals surface area contributed by atoms with Crippen molar-refractivity contribution in [3.8, 4) is 17.0 Å². The normalized spacial score (nSPS) is 10.6. The highest BCUT2D eigenvalue weighted by Crippen LogP contribution is 2.32. The molecule has 2 amide bonds. The second-order valence-corrected chi connectivity index (χ2v) is 7.99. The number of nitrogens with zero attached hydrogens (tertiary/aromatic N) is 1. The molecule has 0 saturated heterocycles. The van der Waals surface area contributed by atoms with Gasteiger partial charge in [0.1, 0.15) is 5.75 Å². The van der Waals surface area contributed by atoms with E-state index in [0.29, 0.717) is 40.9 Å². The second kappa shape index (κ2) is 10.9. The molecule has 0 bridgehead atoms. The van der Waals surface area contributed by atoms with Gasteiger partial charge >= 0.3 is 12.0 Å². The summed E-state index contributed by atoms with van der Waals surface area (Å²) >= 11 is 6.15. The van der Waals surface area contributed by atoms with E-state index in [1.807, 2.05) is 49.4 Å². The quantitative estimate of drug-likeness (QED) is 0.279. The van der Waals surface area contributed by atoms with Crippen LogP contribution in [0.3, 0.4) is 0 Å². The molecule has 0 atom stereocenters. The van der Waals surface area contributed by atoms with E-state index in [0.717, 1.165) is 22.2 Å². The maximum atomic E-state index is 12.5. The van der Waals surface area contributed by atoms with Gasteiger partial charge in [-0.15, -0.1) is 0 Å². The third kappa shape index (κ3) is 5.88. The topological polar surface area (TPSA) is 89.5 Å². The largest absolute Gasteiger partial charge is 0.493 e. The standard InChI is InChI=1S/C27H24ClN3O4/c1-3-34-25-16-24(18-6-5-7-19(28)14-18)31-23-13-12-21(15-22(23)25)30-27(33)29-20-10-8-17(9-11-20)26(32)35-4-2/h5-16H,3-4H2,1-2H3,(H2,29,30,33). The maximum absolute atomic E-state index is 12.5. The highest BCUT2D eigenvalue weighted by Gasteiger charge is 2.12. The van der Waals surface area contributed by atoms with Crippen molar-refractivity contribution < 1.29 is 19.1 Å². The maximum Gasteiger partial charge on any atom is 0.338 e. The lowest BCUT2D eigenvalue weighted by molar-refractivity contribution is 0.0526. The summed E-state index contributed by atoms with van der Waals surface area (Å²) in [5, 5.41) is 6.97. The van der Waals surface area contributed by atoms with Gasteiger partial charge in [-0.2, -0.15) is 0 Å². The van der Waals surface area contributed by atoms with Crippen LogP contribution in [0.4, 0.5) is 16.2 Å². The van der Waals surface area contributed by atoms with Crippen LogP contribution in [0, 0.1) is 0 Å². The predicted octanol–water partition coefficient (Wildman–Crippen LogP) is 6.77. The molecule has 0 spiro atoms. The van der Waals surface area contributed by atoms with Gasteiger partial charge < -0.3 is 20.1 Å². The number of ether oxygens (including phenoxy) is 2. The lowest BCUT2D eigenvalue weighted by Crippen LogP contribution is -2.19. The van der Waals surface area contributed by atoms with Gasteiger partial charge in [-0.25, -0.2) is 14.6 Å². The Balaban J connectivity index is 1.53. The van der Waals surface area contributed by atoms with Crippen LogP contribution < -0.4 is 15.4 Å². The molecule has 1 aromatic heterocycles. The second-order valence-electron chi connectivity index (χ2n) is 7.56. The summed E-state index contributed by atoms with van der Waals surface area (Å²) in [7, 11) is 0. The van der Waals surface area contributed by atoms with E-state index >= 15 is 0 Å². The molecule has 0 fully saturated rings. The molecule has 35 heavy (non-hydrogen) atoms. The number of amides is 2. The lowest BCUT2D eigenvalue weighted by atomic mass is 10.1. The van der Waals surface area contributed by atoms with Crippen LogP contribution >= 0.6 is 11.6 Å². The lowest BCUT2D eigenvalue weighted by Gasteiger charge is -2.13. The van der Waals surface area contributed by atoms with Gasteiger partial charge in [0.2, 0.25) is 0 Å². The first-order valence-corrected chi connectivity index (χ1v) is 11.5. The monoisotopic (exact) mass is 489 g/mol. The third-order valence-corrected chi connectivity index (χ3v) is 5.34. The smallest absolute Gasteiger partial charge is 0.338 e. The zero-order valence-electron chi connectivity index (χ0n) is 19.3. The van der Waals surface area contributed by atoms with Crippen LogP contribution in [-0.2, 0) is 4.74 Å². The number of hydrogen-bond acceptors (Lipinski definition) is 5. The number of benzene rings is 3. The number of urea groups is 1. The van der Waals surface area contributed by atoms with Crippen molar-refractivity contribution in [3.05, 3.63) is 83.4 Å². The van der Waals surface area contributed by atoms with Gasteiger partial charge in [-0.05, 0) is 68.4 Å². The van der Waals surface area contributed by atoms with E-state index < -0.39 is 12.0 Å². The van der Waals surface area contributed by atoms with Gasteiger partial charge in [0.15, 0.2) is 0 Å². The molecule has 178 valence electrons. The molecule has 2 N–H and O–H groups in total. The molecule has 0 saturated carbocycles. The molecule has 7 nitrogen and oxygen atoms in total. The molecule has 4 rings (SSSR count). The number of carbonyl (C=O) groups excluding carboxylic acids is 2. The summed E-state index contributed by atoms with van der Waals surface area (Å²) in [6, 6.07) is 20.8. The van der Waals surface area contributed by atoms with Crippen molar-refractivity contribution in [1.29, 1.82) is 0 Å². The minimum absolute atomic E-state index is 0.301. The summed E-state index contributed by atoms with van der Waals surface area (Å²) in [6.07, 6.45) is 0. The molecule has 0 aliphatic rings. The Morgan fingerprint density at radius 1 is 0.886 bits per heavy atom. The Bertz CT molecular complexity index is 1370. The number of hydrogen-bond donors (Lipinski definition) is 2. The molecule has 1 heterocycles. The van der Waals surface area contributed by atoms with Crippen molar-refractivity contribution in [1.82, 2.24) is 4.98 Å². The number of anilines is 2.